The van der Waals surface area contributed by atoms with Gasteiger partial charge in [0.2, 0.25) is 0 Å². The summed E-state index contributed by atoms with van der Waals surface area (Å²) in [6.07, 6.45) is 8.88. The van der Waals surface area contributed by atoms with Crippen LogP contribution in [0, 0.1) is 22.7 Å². The molecule has 3 rings (SSSR count). The van der Waals surface area contributed by atoms with Gasteiger partial charge in [-0.3, -0.25) is 0 Å². The molecule has 0 unspecified atom stereocenters. The summed E-state index contributed by atoms with van der Waals surface area (Å²) in [5, 5.41) is 20.6. The summed E-state index contributed by atoms with van der Waals surface area (Å²) in [6, 6.07) is 10.4. The Hall–Kier alpha value is -1.38. The fraction of sp³-hybridized carbons (Fsp3) is 0.565. The number of hydrogen-bond donors (Lipinski definition) is 2. The highest BCUT2D eigenvalue weighted by atomic mass is 16.3. The summed E-state index contributed by atoms with van der Waals surface area (Å²) < 4.78 is 0. The molecule has 0 heterocycles. The number of rotatable bonds is 4. The molecule has 2 heteroatoms. The van der Waals surface area contributed by atoms with Gasteiger partial charge in [0, 0.05) is 5.41 Å². The summed E-state index contributed by atoms with van der Waals surface area (Å²) >= 11 is 0. The van der Waals surface area contributed by atoms with Gasteiger partial charge >= 0.3 is 0 Å². The molecule has 2 fully saturated rings. The lowest BCUT2D eigenvalue weighted by Crippen LogP contribution is -2.57. The van der Waals surface area contributed by atoms with E-state index in [4.69, 9.17) is 0 Å². The van der Waals surface area contributed by atoms with Crippen LogP contribution in [0.1, 0.15) is 51.5 Å². The molecule has 0 bridgehead atoms. The van der Waals surface area contributed by atoms with Crippen LogP contribution >= 0.6 is 0 Å². The quantitative estimate of drug-likeness (QED) is 0.771. The Kier molecular flexibility index (Phi) is 5.22. The molecule has 0 spiro atoms. The highest BCUT2D eigenvalue weighted by molar-refractivity contribution is 5.48. The average molecular weight is 341 g/mol. The van der Waals surface area contributed by atoms with Crippen LogP contribution in [0.5, 0.6) is 0 Å². The Bertz CT molecular complexity index is 635. The molecular formula is C23H32O2. The van der Waals surface area contributed by atoms with E-state index in [2.05, 4.69) is 56.8 Å². The molecule has 2 aliphatic rings. The Labute approximate surface area is 152 Å². The first kappa shape index (κ1) is 18.4. The first-order valence-electron chi connectivity index (χ1n) is 9.60. The fourth-order valence-electron chi connectivity index (χ4n) is 5.54. The lowest BCUT2D eigenvalue weighted by Gasteiger charge is -2.59. The highest BCUT2D eigenvalue weighted by Gasteiger charge is 2.57. The first-order chi connectivity index (χ1) is 11.9. The van der Waals surface area contributed by atoms with Crippen molar-refractivity contribution < 1.29 is 10.2 Å². The van der Waals surface area contributed by atoms with Gasteiger partial charge in [0.15, 0.2) is 0 Å². The third-order valence-corrected chi connectivity index (χ3v) is 7.18. The molecule has 1 aromatic rings. The number of aliphatic hydroxyl groups excluding tert-OH is 2. The van der Waals surface area contributed by atoms with Gasteiger partial charge in [0.05, 0.1) is 12.7 Å². The van der Waals surface area contributed by atoms with Gasteiger partial charge in [0.1, 0.15) is 0 Å². The Balaban J connectivity index is 1.83. The topological polar surface area (TPSA) is 40.5 Å². The summed E-state index contributed by atoms with van der Waals surface area (Å²) in [4.78, 5) is 0. The van der Waals surface area contributed by atoms with Crippen LogP contribution in [0.2, 0.25) is 0 Å². The van der Waals surface area contributed by atoms with E-state index >= 15 is 0 Å². The zero-order chi connectivity index (χ0) is 18.1. The van der Waals surface area contributed by atoms with E-state index in [-0.39, 0.29) is 12.0 Å². The lowest BCUT2D eigenvalue weighted by molar-refractivity contribution is -0.151. The van der Waals surface area contributed by atoms with E-state index < -0.39 is 11.5 Å². The maximum atomic E-state index is 10.6. The van der Waals surface area contributed by atoms with E-state index in [1.54, 1.807) is 0 Å². The van der Waals surface area contributed by atoms with Crippen molar-refractivity contribution in [1.82, 2.24) is 0 Å². The monoisotopic (exact) mass is 340 g/mol. The van der Waals surface area contributed by atoms with Crippen molar-refractivity contribution in [2.24, 2.45) is 22.7 Å². The largest absolute Gasteiger partial charge is 0.396 e. The summed E-state index contributed by atoms with van der Waals surface area (Å²) in [5.41, 5.74) is 2.28. The molecule has 2 saturated carbocycles. The second-order valence-corrected chi connectivity index (χ2v) is 8.58. The molecule has 0 saturated heterocycles. The first-order valence-corrected chi connectivity index (χ1v) is 9.60. The lowest BCUT2D eigenvalue weighted by atomic mass is 9.46. The smallest absolute Gasteiger partial charge is 0.0618 e. The minimum absolute atomic E-state index is 0.0630. The number of allylic oxidation sites excluding steroid dienone is 2. The van der Waals surface area contributed by atoms with Gasteiger partial charge in [0.25, 0.3) is 0 Å². The number of aliphatic hydroxyl groups is 2. The standard InChI is InChI=1S/C23H32O2/c1-17-12-13-20-22(2,15-14-21(25)23(20,3)16-24)19(17)11-7-10-18-8-5-4-6-9-18/h4-10,19-21,24-25H,1,11-16H2,2-3H3/b10-7+/t19-,20+,21-,22+,23+/m1/s1. The van der Waals surface area contributed by atoms with Crippen LogP contribution in [0.25, 0.3) is 6.08 Å². The molecule has 0 amide bonds. The highest BCUT2D eigenvalue weighted by Crippen LogP contribution is 2.61. The Morgan fingerprint density at radius 1 is 1.20 bits per heavy atom. The third kappa shape index (κ3) is 3.22. The second kappa shape index (κ2) is 7.09. The minimum Gasteiger partial charge on any atom is -0.396 e. The van der Waals surface area contributed by atoms with E-state index in [0.717, 1.165) is 32.1 Å². The number of hydrogen-bond acceptors (Lipinski definition) is 2. The van der Waals surface area contributed by atoms with Crippen LogP contribution in [-0.4, -0.2) is 22.9 Å². The van der Waals surface area contributed by atoms with Gasteiger partial charge in [-0.2, -0.15) is 0 Å². The maximum Gasteiger partial charge on any atom is 0.0618 e. The molecule has 2 N–H and O–H groups in total. The van der Waals surface area contributed by atoms with Crippen LogP contribution in [0.3, 0.4) is 0 Å². The van der Waals surface area contributed by atoms with Crippen molar-refractivity contribution in [3.05, 3.63) is 54.1 Å². The van der Waals surface area contributed by atoms with E-state index in [0.29, 0.717) is 11.8 Å². The molecule has 25 heavy (non-hydrogen) atoms. The van der Waals surface area contributed by atoms with Crippen molar-refractivity contribution in [3.8, 4) is 0 Å². The van der Waals surface area contributed by atoms with Gasteiger partial charge in [-0.25, -0.2) is 0 Å². The van der Waals surface area contributed by atoms with Crippen LogP contribution in [0.4, 0.5) is 0 Å². The predicted octanol–water partition coefficient (Wildman–Crippen LogP) is 4.83. The predicted molar refractivity (Wildman–Crippen MR) is 104 cm³/mol. The third-order valence-electron chi connectivity index (χ3n) is 7.18. The van der Waals surface area contributed by atoms with E-state index in [1.807, 2.05) is 6.07 Å². The average Bonchev–Trinajstić information content (AvgIpc) is 2.62. The molecule has 0 radical (unpaired) electrons. The van der Waals surface area contributed by atoms with Gasteiger partial charge < -0.3 is 10.2 Å². The van der Waals surface area contributed by atoms with Crippen LogP contribution in [0.15, 0.2) is 48.6 Å². The number of fused-ring (bicyclic) bond motifs is 1. The van der Waals surface area contributed by atoms with Gasteiger partial charge in [-0.05, 0) is 54.9 Å². The van der Waals surface area contributed by atoms with E-state index in [9.17, 15) is 10.2 Å². The summed E-state index contributed by atoms with van der Waals surface area (Å²) in [6.45, 7) is 8.89. The van der Waals surface area contributed by atoms with Crippen molar-refractivity contribution >= 4 is 6.08 Å². The van der Waals surface area contributed by atoms with Crippen molar-refractivity contribution in [2.75, 3.05) is 6.61 Å². The molecule has 0 aromatic heterocycles. The zero-order valence-electron chi connectivity index (χ0n) is 15.6. The molecule has 2 nitrogen and oxygen atoms in total. The maximum absolute atomic E-state index is 10.6. The molecule has 5 atom stereocenters. The molecule has 136 valence electrons. The molecule has 2 aliphatic carbocycles. The second-order valence-electron chi connectivity index (χ2n) is 8.58. The summed E-state index contributed by atoms with van der Waals surface area (Å²) in [5.74, 6) is 0.763. The van der Waals surface area contributed by atoms with Crippen molar-refractivity contribution in [2.45, 2.75) is 52.1 Å². The zero-order valence-corrected chi connectivity index (χ0v) is 15.6. The molecule has 1 aromatic carbocycles. The summed E-state index contributed by atoms with van der Waals surface area (Å²) in [7, 11) is 0. The number of benzene rings is 1. The molecule has 0 aliphatic heterocycles. The normalized spacial score (nSPS) is 38.7. The Morgan fingerprint density at radius 3 is 2.60 bits per heavy atom. The molecular weight excluding hydrogens is 308 g/mol. The van der Waals surface area contributed by atoms with Gasteiger partial charge in [-0.1, -0.05) is 68.5 Å². The van der Waals surface area contributed by atoms with Gasteiger partial charge in [-0.15, -0.1) is 0 Å². The van der Waals surface area contributed by atoms with Crippen molar-refractivity contribution in [1.29, 1.82) is 0 Å². The van der Waals surface area contributed by atoms with Crippen LogP contribution < -0.4 is 0 Å². The van der Waals surface area contributed by atoms with Crippen molar-refractivity contribution in [3.63, 3.8) is 0 Å². The van der Waals surface area contributed by atoms with E-state index in [1.165, 1.54) is 11.1 Å². The fourth-order valence-corrected chi connectivity index (χ4v) is 5.54. The Morgan fingerprint density at radius 2 is 1.92 bits per heavy atom. The van der Waals surface area contributed by atoms with Crippen LogP contribution in [-0.2, 0) is 0 Å². The minimum atomic E-state index is -0.401. The SMILES string of the molecule is C=C1CC[C@@H]2[C@](C)(CO)[C@H](O)CC[C@@]2(C)[C@@H]1C/C=C/c1ccccc1.